The zero-order valence-corrected chi connectivity index (χ0v) is 21.1. The number of benzene rings is 3. The monoisotopic (exact) mass is 480 g/mol. The molecule has 7 heteroatoms. The predicted molar refractivity (Wildman–Crippen MR) is 136 cm³/mol. The number of rotatable bonds is 8. The molecule has 0 heterocycles. The summed E-state index contributed by atoms with van der Waals surface area (Å²) >= 11 is 0. The number of nitrogens with zero attached hydrogens (tertiary/aromatic N) is 1. The van der Waals surface area contributed by atoms with Gasteiger partial charge in [0.25, 0.3) is 10.0 Å². The van der Waals surface area contributed by atoms with Crippen LogP contribution in [0.3, 0.4) is 0 Å². The first-order chi connectivity index (χ1) is 16.0. The molecule has 0 aliphatic rings. The fourth-order valence-electron chi connectivity index (χ4n) is 3.63. The minimum Gasteiger partial charge on any atom is -0.495 e. The Bertz CT molecular complexity index is 1220. The topological polar surface area (TPSA) is 75.7 Å². The van der Waals surface area contributed by atoms with E-state index in [1.54, 1.807) is 42.5 Å². The van der Waals surface area contributed by atoms with Crippen molar-refractivity contribution in [3.8, 4) is 5.75 Å². The molecule has 1 amide bonds. The summed E-state index contributed by atoms with van der Waals surface area (Å²) < 4.78 is 33.5. The van der Waals surface area contributed by atoms with Crippen molar-refractivity contribution in [3.63, 3.8) is 0 Å². The van der Waals surface area contributed by atoms with Gasteiger partial charge in [0.15, 0.2) is 0 Å². The second-order valence-electron chi connectivity index (χ2n) is 9.16. The molecule has 0 saturated heterocycles. The third kappa shape index (κ3) is 5.78. The summed E-state index contributed by atoms with van der Waals surface area (Å²) in [6.07, 6.45) is 0. The number of nitrogens with one attached hydrogen (secondary N) is 1. The Hall–Kier alpha value is -3.32. The zero-order chi connectivity index (χ0) is 24.9. The first kappa shape index (κ1) is 25.3. The normalized spacial score (nSPS) is 12.6. The van der Waals surface area contributed by atoms with Gasteiger partial charge in [0, 0.05) is 0 Å². The number of ether oxygens (including phenoxy) is 1. The van der Waals surface area contributed by atoms with Crippen molar-refractivity contribution < 1.29 is 17.9 Å². The van der Waals surface area contributed by atoms with Gasteiger partial charge in [-0.1, -0.05) is 75.4 Å². The number of carbonyl (C=O) groups is 1. The van der Waals surface area contributed by atoms with Gasteiger partial charge in [-0.3, -0.25) is 9.10 Å². The van der Waals surface area contributed by atoms with E-state index in [0.717, 1.165) is 9.87 Å². The van der Waals surface area contributed by atoms with Crippen molar-refractivity contribution in [3.05, 3.63) is 90.0 Å². The molecule has 6 nitrogen and oxygen atoms in total. The van der Waals surface area contributed by atoms with E-state index in [2.05, 4.69) is 38.2 Å². The van der Waals surface area contributed by atoms with Crippen LogP contribution in [0.15, 0.2) is 83.8 Å². The van der Waals surface area contributed by atoms with Crippen molar-refractivity contribution in [2.24, 2.45) is 0 Å². The van der Waals surface area contributed by atoms with E-state index in [1.807, 2.05) is 19.1 Å². The van der Waals surface area contributed by atoms with Crippen LogP contribution in [0.4, 0.5) is 5.69 Å². The van der Waals surface area contributed by atoms with Crippen LogP contribution >= 0.6 is 0 Å². The van der Waals surface area contributed by atoms with E-state index in [4.69, 9.17) is 4.74 Å². The van der Waals surface area contributed by atoms with Gasteiger partial charge in [-0.25, -0.2) is 8.42 Å². The molecule has 0 fully saturated rings. The average molecular weight is 481 g/mol. The van der Waals surface area contributed by atoms with Gasteiger partial charge >= 0.3 is 0 Å². The minimum atomic E-state index is -4.01. The summed E-state index contributed by atoms with van der Waals surface area (Å²) in [6.45, 7) is 7.93. The largest absolute Gasteiger partial charge is 0.495 e. The first-order valence-corrected chi connectivity index (χ1v) is 12.6. The lowest BCUT2D eigenvalue weighted by atomic mass is 9.86. The Morgan fingerprint density at radius 3 is 2.12 bits per heavy atom. The number of anilines is 1. The lowest BCUT2D eigenvalue weighted by Gasteiger charge is -2.26. The summed E-state index contributed by atoms with van der Waals surface area (Å²) in [7, 11) is -2.54. The molecule has 0 unspecified atom stereocenters. The van der Waals surface area contributed by atoms with Gasteiger partial charge in [-0.2, -0.15) is 0 Å². The highest BCUT2D eigenvalue weighted by molar-refractivity contribution is 7.92. The number of sulfonamides is 1. The van der Waals surface area contributed by atoms with Gasteiger partial charge in [0.05, 0.1) is 23.7 Å². The highest BCUT2D eigenvalue weighted by atomic mass is 32.2. The molecule has 3 aromatic carbocycles. The van der Waals surface area contributed by atoms with E-state index in [0.29, 0.717) is 11.4 Å². The van der Waals surface area contributed by atoms with Crippen LogP contribution < -0.4 is 14.4 Å². The lowest BCUT2D eigenvalue weighted by Crippen LogP contribution is -2.41. The average Bonchev–Trinajstić information content (AvgIpc) is 2.82. The van der Waals surface area contributed by atoms with Gasteiger partial charge in [0.1, 0.15) is 12.3 Å². The maximum absolute atomic E-state index is 13.5. The summed E-state index contributed by atoms with van der Waals surface area (Å²) in [5, 5.41) is 2.93. The second kappa shape index (κ2) is 10.3. The number of hydrogen-bond donors (Lipinski definition) is 1. The predicted octanol–water partition coefficient (Wildman–Crippen LogP) is 5.07. The standard InChI is InChI=1S/C27H32N2O4S/c1-20(21-15-17-22(18-16-21)27(2,3)4)28-26(30)19-29(24-13-9-10-14-25(24)33-5)34(31,32)23-11-7-6-8-12-23/h6-18,20H,19H2,1-5H3,(H,28,30)/t20-/m1/s1. The SMILES string of the molecule is COc1ccccc1N(CC(=O)N[C@H](C)c1ccc(C(C)(C)C)cc1)S(=O)(=O)c1ccccc1. The molecule has 1 atom stereocenters. The number of methoxy groups -OCH3 is 1. The highest BCUT2D eigenvalue weighted by Crippen LogP contribution is 2.32. The smallest absolute Gasteiger partial charge is 0.264 e. The maximum atomic E-state index is 13.5. The van der Waals surface area contributed by atoms with Crippen LogP contribution in [0.25, 0.3) is 0 Å². The van der Waals surface area contributed by atoms with Crippen LogP contribution in [0, 0.1) is 0 Å². The Morgan fingerprint density at radius 1 is 0.941 bits per heavy atom. The van der Waals surface area contributed by atoms with Crippen molar-refractivity contribution >= 4 is 21.6 Å². The van der Waals surface area contributed by atoms with Crippen molar-refractivity contribution in [2.75, 3.05) is 18.0 Å². The molecule has 0 saturated carbocycles. The van der Waals surface area contributed by atoms with Crippen LogP contribution in [0.5, 0.6) is 5.75 Å². The number of amides is 1. The minimum absolute atomic E-state index is 0.0338. The number of carbonyl (C=O) groups excluding carboxylic acids is 1. The lowest BCUT2D eigenvalue weighted by molar-refractivity contribution is -0.120. The summed E-state index contributed by atoms with van der Waals surface area (Å²) in [4.78, 5) is 13.2. The molecule has 3 aromatic rings. The highest BCUT2D eigenvalue weighted by Gasteiger charge is 2.29. The summed E-state index contributed by atoms with van der Waals surface area (Å²) in [5.74, 6) is -0.0570. The van der Waals surface area contributed by atoms with E-state index < -0.39 is 15.9 Å². The van der Waals surface area contributed by atoms with E-state index >= 15 is 0 Å². The maximum Gasteiger partial charge on any atom is 0.264 e. The molecule has 0 aliphatic carbocycles. The van der Waals surface area contributed by atoms with Crippen LogP contribution in [-0.2, 0) is 20.2 Å². The molecule has 34 heavy (non-hydrogen) atoms. The fraction of sp³-hybridized carbons (Fsp3) is 0.296. The van der Waals surface area contributed by atoms with E-state index in [-0.39, 0.29) is 22.9 Å². The molecule has 0 aliphatic heterocycles. The van der Waals surface area contributed by atoms with Gasteiger partial charge in [0.2, 0.25) is 5.91 Å². The van der Waals surface area contributed by atoms with Crippen LogP contribution in [-0.4, -0.2) is 28.0 Å². The van der Waals surface area contributed by atoms with Gasteiger partial charge < -0.3 is 10.1 Å². The summed E-state index contributed by atoms with van der Waals surface area (Å²) in [5.41, 5.74) is 2.47. The van der Waals surface area contributed by atoms with Crippen molar-refractivity contribution in [1.82, 2.24) is 5.32 Å². The molecular weight excluding hydrogens is 448 g/mol. The van der Waals surface area contributed by atoms with Crippen LogP contribution in [0.2, 0.25) is 0 Å². The van der Waals surface area contributed by atoms with Crippen LogP contribution in [0.1, 0.15) is 44.9 Å². The van der Waals surface area contributed by atoms with Crippen molar-refractivity contribution in [2.45, 2.75) is 44.0 Å². The first-order valence-electron chi connectivity index (χ1n) is 11.1. The molecule has 0 bridgehead atoms. The number of hydrogen-bond acceptors (Lipinski definition) is 4. The van der Waals surface area contributed by atoms with Crippen molar-refractivity contribution in [1.29, 1.82) is 0 Å². The third-order valence-corrected chi connectivity index (χ3v) is 7.40. The molecule has 0 radical (unpaired) electrons. The van der Waals surface area contributed by atoms with Gasteiger partial charge in [-0.05, 0) is 47.7 Å². The van der Waals surface area contributed by atoms with E-state index in [9.17, 15) is 13.2 Å². The molecule has 3 rings (SSSR count). The molecule has 180 valence electrons. The second-order valence-corrected chi connectivity index (χ2v) is 11.0. The Kier molecular flexibility index (Phi) is 7.67. The van der Waals surface area contributed by atoms with Gasteiger partial charge in [-0.15, -0.1) is 0 Å². The molecule has 0 aromatic heterocycles. The molecular formula is C27H32N2O4S. The third-order valence-electron chi connectivity index (χ3n) is 5.63. The Morgan fingerprint density at radius 2 is 1.53 bits per heavy atom. The Labute approximate surface area is 202 Å². The summed E-state index contributed by atoms with van der Waals surface area (Å²) in [6, 6.07) is 22.6. The number of para-hydroxylation sites is 2. The fourth-order valence-corrected chi connectivity index (χ4v) is 5.08. The quantitative estimate of drug-likeness (QED) is 0.489. The Balaban J connectivity index is 1.87. The molecule has 0 spiro atoms. The zero-order valence-electron chi connectivity index (χ0n) is 20.3. The van der Waals surface area contributed by atoms with E-state index in [1.165, 1.54) is 24.8 Å². The molecule has 1 N–H and O–H groups in total.